The Kier molecular flexibility index (Phi) is 4.34. The van der Waals surface area contributed by atoms with E-state index in [1.165, 1.54) is 0 Å². The lowest BCUT2D eigenvalue weighted by Gasteiger charge is -2.12. The Hall–Kier alpha value is -0.680. The van der Waals surface area contributed by atoms with Crippen molar-refractivity contribution in [1.29, 1.82) is 0 Å². The number of anilines is 1. The highest BCUT2D eigenvalue weighted by Gasteiger charge is 2.26. The molecule has 17 heavy (non-hydrogen) atoms. The minimum Gasteiger partial charge on any atom is -0.369 e. The van der Waals surface area contributed by atoms with Crippen molar-refractivity contribution < 1.29 is 4.74 Å². The largest absolute Gasteiger partial charge is 0.369 e. The van der Waals surface area contributed by atoms with Crippen LogP contribution in [0.4, 0.5) is 5.82 Å². The van der Waals surface area contributed by atoms with Crippen LogP contribution < -0.4 is 5.32 Å². The summed E-state index contributed by atoms with van der Waals surface area (Å²) in [6.07, 6.45) is 5.34. The highest BCUT2D eigenvalue weighted by Crippen LogP contribution is 2.31. The molecule has 2 unspecified atom stereocenters. The fourth-order valence-electron chi connectivity index (χ4n) is 1.90. The first-order chi connectivity index (χ1) is 8.20. The number of aromatic nitrogens is 2. The maximum atomic E-state index is 5.78. The Morgan fingerprint density at radius 1 is 1.53 bits per heavy atom. The van der Waals surface area contributed by atoms with Gasteiger partial charge in [0.25, 0.3) is 0 Å². The average molecular weight is 300 g/mol. The molecule has 2 heterocycles. The fourth-order valence-corrected chi connectivity index (χ4v) is 2.23. The molecule has 2 atom stereocenters. The van der Waals surface area contributed by atoms with Crippen molar-refractivity contribution in [2.75, 3.05) is 11.9 Å². The predicted molar refractivity (Wildman–Crippen MR) is 71.0 cm³/mol. The summed E-state index contributed by atoms with van der Waals surface area (Å²) in [6.45, 7) is 5.14. The van der Waals surface area contributed by atoms with Crippen LogP contribution in [0.25, 0.3) is 0 Å². The van der Waals surface area contributed by atoms with Crippen LogP contribution in [-0.4, -0.2) is 22.6 Å². The molecular weight excluding hydrogens is 282 g/mol. The zero-order valence-electron chi connectivity index (χ0n) is 10.2. The maximum absolute atomic E-state index is 5.78. The molecule has 0 radical (unpaired) electrons. The van der Waals surface area contributed by atoms with Gasteiger partial charge < -0.3 is 10.1 Å². The number of ether oxygens (including phenoxy) is 1. The average Bonchev–Trinajstić information content (AvgIpc) is 2.75. The minimum absolute atomic E-state index is 0.0558. The van der Waals surface area contributed by atoms with Gasteiger partial charge in [0.05, 0.1) is 10.6 Å². The van der Waals surface area contributed by atoms with Gasteiger partial charge in [-0.1, -0.05) is 6.92 Å². The van der Waals surface area contributed by atoms with Gasteiger partial charge in [-0.3, -0.25) is 0 Å². The molecule has 5 heteroatoms. The Bertz CT molecular complexity index is 386. The molecule has 1 aromatic rings. The third kappa shape index (κ3) is 3.16. The highest BCUT2D eigenvalue weighted by atomic mass is 79.9. The SMILES string of the molecule is CCCNc1nc(C2CCC(C)O2)ncc1Br. The van der Waals surface area contributed by atoms with Crippen LogP contribution in [0, 0.1) is 0 Å². The molecule has 1 fully saturated rings. The highest BCUT2D eigenvalue weighted by molar-refractivity contribution is 9.10. The molecule has 2 rings (SSSR count). The van der Waals surface area contributed by atoms with Gasteiger partial charge in [0.15, 0.2) is 5.82 Å². The number of nitrogens with one attached hydrogen (secondary N) is 1. The van der Waals surface area contributed by atoms with Crippen molar-refractivity contribution in [2.24, 2.45) is 0 Å². The van der Waals surface area contributed by atoms with E-state index in [4.69, 9.17) is 4.74 Å². The second-order valence-electron chi connectivity index (χ2n) is 4.36. The summed E-state index contributed by atoms with van der Waals surface area (Å²) in [5, 5.41) is 3.28. The predicted octanol–water partition coefficient (Wildman–Crippen LogP) is 3.30. The summed E-state index contributed by atoms with van der Waals surface area (Å²) in [6, 6.07) is 0. The third-order valence-electron chi connectivity index (χ3n) is 2.83. The molecular formula is C12H18BrN3O. The zero-order chi connectivity index (χ0) is 12.3. The first-order valence-electron chi connectivity index (χ1n) is 6.12. The quantitative estimate of drug-likeness (QED) is 0.927. The number of hydrogen-bond acceptors (Lipinski definition) is 4. The molecule has 94 valence electrons. The second kappa shape index (κ2) is 5.78. The Labute approximate surface area is 110 Å². The van der Waals surface area contributed by atoms with Crippen LogP contribution in [0.15, 0.2) is 10.7 Å². The van der Waals surface area contributed by atoms with Gasteiger partial charge in [0.2, 0.25) is 0 Å². The number of halogens is 1. The van der Waals surface area contributed by atoms with Crippen molar-refractivity contribution in [2.45, 2.75) is 45.3 Å². The van der Waals surface area contributed by atoms with Crippen molar-refractivity contribution in [3.8, 4) is 0 Å². The summed E-state index contributed by atoms with van der Waals surface area (Å²) < 4.78 is 6.68. The Morgan fingerprint density at radius 2 is 2.35 bits per heavy atom. The van der Waals surface area contributed by atoms with E-state index in [2.05, 4.69) is 45.1 Å². The molecule has 0 saturated carbocycles. The van der Waals surface area contributed by atoms with Crippen LogP contribution in [0.2, 0.25) is 0 Å². The third-order valence-corrected chi connectivity index (χ3v) is 3.41. The molecule has 1 saturated heterocycles. The number of rotatable bonds is 4. The summed E-state index contributed by atoms with van der Waals surface area (Å²) in [4.78, 5) is 8.87. The zero-order valence-corrected chi connectivity index (χ0v) is 11.8. The lowest BCUT2D eigenvalue weighted by Crippen LogP contribution is -2.09. The Morgan fingerprint density at radius 3 is 3.00 bits per heavy atom. The van der Waals surface area contributed by atoms with E-state index in [-0.39, 0.29) is 6.10 Å². The van der Waals surface area contributed by atoms with Gasteiger partial charge in [-0.25, -0.2) is 9.97 Å². The first kappa shape index (κ1) is 12.8. The lowest BCUT2D eigenvalue weighted by molar-refractivity contribution is 0.0503. The van der Waals surface area contributed by atoms with Crippen LogP contribution in [0.5, 0.6) is 0 Å². The van der Waals surface area contributed by atoms with Gasteiger partial charge in [-0.15, -0.1) is 0 Å². The Balaban J connectivity index is 2.12. The summed E-state index contributed by atoms with van der Waals surface area (Å²) in [5.74, 6) is 1.65. The normalized spacial score (nSPS) is 23.9. The molecule has 0 aliphatic carbocycles. The molecule has 1 aliphatic heterocycles. The van der Waals surface area contributed by atoms with Gasteiger partial charge >= 0.3 is 0 Å². The molecule has 0 amide bonds. The van der Waals surface area contributed by atoms with E-state index in [0.717, 1.165) is 41.9 Å². The maximum Gasteiger partial charge on any atom is 0.159 e. The van der Waals surface area contributed by atoms with E-state index in [0.29, 0.717) is 6.10 Å². The van der Waals surface area contributed by atoms with Crippen molar-refractivity contribution >= 4 is 21.7 Å². The lowest BCUT2D eigenvalue weighted by atomic mass is 10.2. The topological polar surface area (TPSA) is 47.0 Å². The van der Waals surface area contributed by atoms with Gasteiger partial charge in [-0.05, 0) is 42.1 Å². The summed E-state index contributed by atoms with van der Waals surface area (Å²) in [7, 11) is 0. The smallest absolute Gasteiger partial charge is 0.159 e. The summed E-state index contributed by atoms with van der Waals surface area (Å²) in [5.41, 5.74) is 0. The number of nitrogens with zero attached hydrogens (tertiary/aromatic N) is 2. The first-order valence-corrected chi connectivity index (χ1v) is 6.91. The van der Waals surface area contributed by atoms with Gasteiger partial charge in [0, 0.05) is 12.7 Å². The van der Waals surface area contributed by atoms with Crippen molar-refractivity contribution in [3.63, 3.8) is 0 Å². The standard InChI is InChI=1S/C12H18BrN3O/c1-3-6-14-11-9(13)7-15-12(16-11)10-5-4-8(2)17-10/h7-8,10H,3-6H2,1-2H3,(H,14,15,16). The van der Waals surface area contributed by atoms with E-state index < -0.39 is 0 Å². The molecule has 0 aromatic carbocycles. The minimum atomic E-state index is 0.0558. The summed E-state index contributed by atoms with van der Waals surface area (Å²) >= 11 is 3.45. The molecule has 1 aliphatic rings. The van der Waals surface area contributed by atoms with E-state index in [9.17, 15) is 0 Å². The molecule has 4 nitrogen and oxygen atoms in total. The van der Waals surface area contributed by atoms with E-state index in [1.54, 1.807) is 6.20 Å². The van der Waals surface area contributed by atoms with Gasteiger partial charge in [0.1, 0.15) is 11.9 Å². The number of hydrogen-bond donors (Lipinski definition) is 1. The van der Waals surface area contributed by atoms with Crippen molar-refractivity contribution in [1.82, 2.24) is 9.97 Å². The van der Waals surface area contributed by atoms with Crippen molar-refractivity contribution in [3.05, 3.63) is 16.5 Å². The van der Waals surface area contributed by atoms with Crippen LogP contribution >= 0.6 is 15.9 Å². The molecule has 0 spiro atoms. The molecule has 1 aromatic heterocycles. The van der Waals surface area contributed by atoms with E-state index >= 15 is 0 Å². The van der Waals surface area contributed by atoms with Crippen LogP contribution in [0.1, 0.15) is 45.0 Å². The molecule has 1 N–H and O–H groups in total. The second-order valence-corrected chi connectivity index (χ2v) is 5.22. The van der Waals surface area contributed by atoms with E-state index in [1.807, 2.05) is 0 Å². The molecule has 0 bridgehead atoms. The van der Waals surface area contributed by atoms with Gasteiger partial charge in [-0.2, -0.15) is 0 Å². The van der Waals surface area contributed by atoms with Crippen LogP contribution in [-0.2, 0) is 4.74 Å². The van der Waals surface area contributed by atoms with Crippen LogP contribution in [0.3, 0.4) is 0 Å². The fraction of sp³-hybridized carbons (Fsp3) is 0.667. The monoisotopic (exact) mass is 299 g/mol.